The molecule has 4 aliphatic rings. The van der Waals surface area contributed by atoms with E-state index in [2.05, 4.69) is 28.9 Å². The first-order valence-corrected chi connectivity index (χ1v) is 11.8. The molecule has 7 nitrogen and oxygen atoms in total. The van der Waals surface area contributed by atoms with Crippen LogP contribution in [0.25, 0.3) is 0 Å². The molecular formula is C25H32N4O3. The maximum Gasteiger partial charge on any atom is 0.337 e. The largest absolute Gasteiger partial charge is 0.465 e. The number of carbonyl (C=O) groups excluding carboxylic acids is 2. The Morgan fingerprint density at radius 1 is 1.25 bits per heavy atom. The predicted octanol–water partition coefficient (Wildman–Crippen LogP) is 2.99. The zero-order chi connectivity index (χ0) is 22.4. The number of amidine groups is 1. The number of esters is 1. The van der Waals surface area contributed by atoms with Gasteiger partial charge in [-0.15, -0.1) is 0 Å². The summed E-state index contributed by atoms with van der Waals surface area (Å²) in [5.74, 6) is 0.846. The highest BCUT2D eigenvalue weighted by Crippen LogP contribution is 2.37. The Morgan fingerprint density at radius 2 is 2.03 bits per heavy atom. The number of ether oxygens (including phenoxy) is 1. The lowest BCUT2D eigenvalue weighted by Gasteiger charge is -2.51. The van der Waals surface area contributed by atoms with Gasteiger partial charge in [-0.2, -0.15) is 0 Å². The fraction of sp³-hybridized carbons (Fsp3) is 0.560. The molecule has 0 bridgehead atoms. The average Bonchev–Trinajstić information content (AvgIpc) is 3.50. The number of piperazine rings is 1. The molecule has 0 aromatic heterocycles. The van der Waals surface area contributed by atoms with Crippen molar-refractivity contribution in [3.63, 3.8) is 0 Å². The predicted molar refractivity (Wildman–Crippen MR) is 124 cm³/mol. The normalized spacial score (nSPS) is 28.0. The monoisotopic (exact) mass is 436 g/mol. The van der Waals surface area contributed by atoms with Gasteiger partial charge in [0.25, 0.3) is 0 Å². The quantitative estimate of drug-likeness (QED) is 0.682. The van der Waals surface area contributed by atoms with Crippen molar-refractivity contribution in [2.75, 3.05) is 25.6 Å². The van der Waals surface area contributed by atoms with E-state index in [9.17, 15) is 9.59 Å². The standard InChI is InChI=1S/C25H32N4O3/c1-4-19-24(30)27(2)21-11-12-22(26-23(21)29(19)18-7-5-6-8-18)28-14-13-16-15-17(25(31)32-3)9-10-20(16)28/h9-12,15,18-19,21,23H,4-8,13-14H2,1-3H3. The zero-order valence-electron chi connectivity index (χ0n) is 19.2. The van der Waals surface area contributed by atoms with Gasteiger partial charge in [0.1, 0.15) is 12.0 Å². The highest BCUT2D eigenvalue weighted by molar-refractivity contribution is 6.08. The van der Waals surface area contributed by atoms with Crippen molar-refractivity contribution in [1.29, 1.82) is 0 Å². The molecule has 5 rings (SSSR count). The van der Waals surface area contributed by atoms with E-state index in [0.29, 0.717) is 11.6 Å². The number of aliphatic imine (C=N–C) groups is 1. The van der Waals surface area contributed by atoms with Crippen LogP contribution in [0.4, 0.5) is 5.69 Å². The summed E-state index contributed by atoms with van der Waals surface area (Å²) in [5.41, 5.74) is 2.82. The van der Waals surface area contributed by atoms with Crippen molar-refractivity contribution in [2.24, 2.45) is 4.99 Å². The van der Waals surface area contributed by atoms with Gasteiger partial charge in [0.15, 0.2) is 0 Å². The maximum absolute atomic E-state index is 13.1. The first kappa shape index (κ1) is 21.2. The molecule has 1 aromatic carbocycles. The molecule has 1 aromatic rings. The van der Waals surface area contributed by atoms with Crippen molar-refractivity contribution in [3.8, 4) is 0 Å². The Hall–Kier alpha value is -2.67. The molecule has 3 heterocycles. The van der Waals surface area contributed by atoms with Crippen LogP contribution >= 0.6 is 0 Å². The molecule has 170 valence electrons. The number of hydrogen-bond acceptors (Lipinski definition) is 6. The highest BCUT2D eigenvalue weighted by atomic mass is 16.5. The second kappa shape index (κ2) is 8.35. The number of hydrogen-bond donors (Lipinski definition) is 0. The van der Waals surface area contributed by atoms with Crippen LogP contribution in [0.15, 0.2) is 35.3 Å². The molecule has 0 radical (unpaired) electrons. The van der Waals surface area contributed by atoms with E-state index in [4.69, 9.17) is 9.73 Å². The van der Waals surface area contributed by atoms with Crippen LogP contribution in [-0.4, -0.2) is 72.5 Å². The fourth-order valence-corrected chi connectivity index (χ4v) is 5.91. The SMILES string of the molecule is CCC1C(=O)N(C)C2C=CC(N3CCc4cc(C(=O)OC)ccc43)=NC2N1C1CCCC1. The molecule has 1 saturated heterocycles. The topological polar surface area (TPSA) is 65.5 Å². The fourth-order valence-electron chi connectivity index (χ4n) is 5.91. The van der Waals surface area contributed by atoms with Gasteiger partial charge in [-0.25, -0.2) is 9.79 Å². The van der Waals surface area contributed by atoms with E-state index in [1.807, 2.05) is 30.1 Å². The summed E-state index contributed by atoms with van der Waals surface area (Å²) in [4.78, 5) is 36.9. The van der Waals surface area contributed by atoms with Crippen LogP contribution in [0.3, 0.4) is 0 Å². The molecular weight excluding hydrogens is 404 g/mol. The van der Waals surface area contributed by atoms with Crippen molar-refractivity contribution >= 4 is 23.4 Å². The number of nitrogens with zero attached hydrogens (tertiary/aromatic N) is 4. The van der Waals surface area contributed by atoms with Gasteiger partial charge >= 0.3 is 5.97 Å². The van der Waals surface area contributed by atoms with Crippen molar-refractivity contribution in [3.05, 3.63) is 41.5 Å². The van der Waals surface area contributed by atoms with E-state index in [-0.39, 0.29) is 30.1 Å². The van der Waals surface area contributed by atoms with Crippen LogP contribution in [0.2, 0.25) is 0 Å². The second-order valence-corrected chi connectivity index (χ2v) is 9.25. The Kier molecular flexibility index (Phi) is 5.53. The van der Waals surface area contributed by atoms with Crippen molar-refractivity contribution in [2.45, 2.75) is 69.7 Å². The number of benzene rings is 1. The van der Waals surface area contributed by atoms with E-state index < -0.39 is 0 Å². The van der Waals surface area contributed by atoms with Gasteiger partial charge in [-0.1, -0.05) is 25.8 Å². The molecule has 0 spiro atoms. The minimum absolute atomic E-state index is 0.0292. The Labute approximate surface area is 189 Å². The van der Waals surface area contributed by atoms with Crippen molar-refractivity contribution < 1.29 is 14.3 Å². The van der Waals surface area contributed by atoms with E-state index in [1.54, 1.807) is 0 Å². The zero-order valence-corrected chi connectivity index (χ0v) is 19.2. The number of anilines is 1. The minimum atomic E-state index is -0.309. The number of rotatable bonds is 3. The number of amides is 1. The smallest absolute Gasteiger partial charge is 0.337 e. The number of likely N-dealkylation sites (N-methyl/N-ethyl adjacent to an activating group) is 1. The van der Waals surface area contributed by atoms with Gasteiger partial charge < -0.3 is 14.5 Å². The first-order chi connectivity index (χ1) is 15.5. The number of methoxy groups -OCH3 is 1. The Balaban J connectivity index is 1.48. The number of fused-ring (bicyclic) bond motifs is 2. The molecule has 32 heavy (non-hydrogen) atoms. The number of dihydropyridines is 1. The lowest BCUT2D eigenvalue weighted by Crippen LogP contribution is -2.67. The van der Waals surface area contributed by atoms with Gasteiger partial charge in [-0.3, -0.25) is 9.69 Å². The van der Waals surface area contributed by atoms with Gasteiger partial charge in [0.05, 0.1) is 24.8 Å². The van der Waals surface area contributed by atoms with Crippen molar-refractivity contribution in [1.82, 2.24) is 9.80 Å². The maximum atomic E-state index is 13.1. The highest BCUT2D eigenvalue weighted by Gasteiger charge is 2.48. The van der Waals surface area contributed by atoms with Crippen LogP contribution in [0.1, 0.15) is 54.9 Å². The summed E-state index contributed by atoms with van der Waals surface area (Å²) in [7, 11) is 3.32. The van der Waals surface area contributed by atoms with E-state index >= 15 is 0 Å². The van der Waals surface area contributed by atoms with Crippen LogP contribution in [-0.2, 0) is 16.0 Å². The molecule has 1 aliphatic carbocycles. The lowest BCUT2D eigenvalue weighted by molar-refractivity contribution is -0.149. The first-order valence-electron chi connectivity index (χ1n) is 11.8. The van der Waals surface area contributed by atoms with E-state index in [1.165, 1.54) is 20.0 Å². The summed E-state index contributed by atoms with van der Waals surface area (Å²) < 4.78 is 4.87. The molecule has 3 atom stereocenters. The minimum Gasteiger partial charge on any atom is -0.465 e. The molecule has 7 heteroatoms. The molecule has 3 unspecified atom stereocenters. The van der Waals surface area contributed by atoms with Crippen LogP contribution in [0, 0.1) is 0 Å². The third-order valence-corrected chi connectivity index (χ3v) is 7.56. The molecule has 1 saturated carbocycles. The Morgan fingerprint density at radius 3 is 2.75 bits per heavy atom. The summed E-state index contributed by atoms with van der Waals surface area (Å²) >= 11 is 0. The number of carbonyl (C=O) groups is 2. The lowest BCUT2D eigenvalue weighted by atomic mass is 9.95. The second-order valence-electron chi connectivity index (χ2n) is 9.25. The van der Waals surface area contributed by atoms with Gasteiger partial charge in [0.2, 0.25) is 5.91 Å². The third kappa shape index (κ3) is 3.34. The molecule has 0 N–H and O–H groups in total. The van der Waals surface area contributed by atoms with Gasteiger partial charge in [0, 0.05) is 25.3 Å². The Bertz CT molecular complexity index is 981. The van der Waals surface area contributed by atoms with Gasteiger partial charge in [-0.05, 0) is 55.5 Å². The van der Waals surface area contributed by atoms with Crippen LogP contribution in [0.5, 0.6) is 0 Å². The van der Waals surface area contributed by atoms with E-state index in [0.717, 1.165) is 49.3 Å². The summed E-state index contributed by atoms with van der Waals surface area (Å²) in [6, 6.07) is 6.05. The average molecular weight is 437 g/mol. The third-order valence-electron chi connectivity index (χ3n) is 7.56. The molecule has 3 aliphatic heterocycles. The summed E-state index contributed by atoms with van der Waals surface area (Å²) in [6.07, 6.45) is 10.6. The van der Waals surface area contributed by atoms with Crippen LogP contribution < -0.4 is 4.90 Å². The molecule has 2 fully saturated rings. The summed E-state index contributed by atoms with van der Waals surface area (Å²) in [6.45, 7) is 2.94. The molecule has 1 amide bonds. The summed E-state index contributed by atoms with van der Waals surface area (Å²) in [5, 5.41) is 0.